The summed E-state index contributed by atoms with van der Waals surface area (Å²) in [6.07, 6.45) is 4.24. The van der Waals surface area contributed by atoms with E-state index in [9.17, 15) is 9.59 Å². The molecule has 0 spiro atoms. The number of hydrogen-bond acceptors (Lipinski definition) is 4. The second-order valence-corrected chi connectivity index (χ2v) is 8.46. The van der Waals surface area contributed by atoms with Crippen LogP contribution >= 0.6 is 11.8 Å². The van der Waals surface area contributed by atoms with E-state index in [0.717, 1.165) is 31.2 Å². The highest BCUT2D eigenvalue weighted by molar-refractivity contribution is 7.99. The summed E-state index contributed by atoms with van der Waals surface area (Å²) >= 11 is 1.35. The van der Waals surface area contributed by atoms with Gasteiger partial charge in [-0.15, -0.1) is 0 Å². The minimum atomic E-state index is -0.0640. The lowest BCUT2D eigenvalue weighted by molar-refractivity contribution is -0.119. The van der Waals surface area contributed by atoms with Crippen molar-refractivity contribution in [2.45, 2.75) is 49.8 Å². The summed E-state index contributed by atoms with van der Waals surface area (Å²) in [5.41, 5.74) is 1.76. The number of hydrogen-bond donors (Lipinski definition) is 1. The zero-order valence-electron chi connectivity index (χ0n) is 16.5. The molecule has 1 aromatic heterocycles. The molecule has 1 aliphatic rings. The Morgan fingerprint density at radius 3 is 2.59 bits per heavy atom. The molecule has 1 atom stereocenters. The molecule has 6 heteroatoms. The largest absolute Gasteiger partial charge is 0.349 e. The average Bonchev–Trinajstić information content (AvgIpc) is 3.27. The summed E-state index contributed by atoms with van der Waals surface area (Å²) in [4.78, 5) is 30.4. The molecule has 1 saturated carbocycles. The lowest BCUT2D eigenvalue weighted by atomic mass is 10.1. The van der Waals surface area contributed by atoms with E-state index in [-0.39, 0.29) is 29.3 Å². The highest BCUT2D eigenvalue weighted by Crippen LogP contribution is 2.32. The predicted octanol–water partition coefficient (Wildman–Crippen LogP) is 4.48. The lowest BCUT2D eigenvalue weighted by Gasteiger charge is -2.19. The molecule has 2 aromatic carbocycles. The molecule has 5 nitrogen and oxygen atoms in total. The number of fused-ring (bicyclic) bond motifs is 1. The molecule has 0 unspecified atom stereocenters. The van der Waals surface area contributed by atoms with Crippen LogP contribution in [-0.2, 0) is 4.79 Å². The van der Waals surface area contributed by atoms with Gasteiger partial charge in [-0.05, 0) is 37.5 Å². The molecule has 0 radical (unpaired) electrons. The maximum Gasteiger partial charge on any atom is 0.262 e. The number of thioether (sulfide) groups is 1. The van der Waals surface area contributed by atoms with Gasteiger partial charge in [0.15, 0.2) is 5.16 Å². The molecule has 3 aromatic rings. The summed E-state index contributed by atoms with van der Waals surface area (Å²) in [7, 11) is 0. The number of benzene rings is 2. The third-order valence-electron chi connectivity index (χ3n) is 5.47. The first-order chi connectivity index (χ1) is 14.1. The van der Waals surface area contributed by atoms with Gasteiger partial charge in [0.25, 0.3) is 5.56 Å². The Kier molecular flexibility index (Phi) is 6.00. The fourth-order valence-corrected chi connectivity index (χ4v) is 4.83. The monoisotopic (exact) mass is 407 g/mol. The van der Waals surface area contributed by atoms with Gasteiger partial charge >= 0.3 is 0 Å². The SMILES string of the molecule is C[C@@H](NC(=O)CSc1nc2ccccc2c(=O)n1C1CCCC1)c1ccccc1. The van der Waals surface area contributed by atoms with Crippen molar-refractivity contribution in [1.29, 1.82) is 0 Å². The zero-order chi connectivity index (χ0) is 20.2. The Hall–Kier alpha value is -2.60. The Morgan fingerprint density at radius 2 is 1.83 bits per heavy atom. The predicted molar refractivity (Wildman–Crippen MR) is 117 cm³/mol. The summed E-state index contributed by atoms with van der Waals surface area (Å²) in [5.74, 6) is 0.168. The Labute approximate surface area is 174 Å². The van der Waals surface area contributed by atoms with Crippen molar-refractivity contribution < 1.29 is 4.79 Å². The standard InChI is InChI=1S/C23H25N3O2S/c1-16(17-9-3-2-4-10-17)24-21(27)15-29-23-25-20-14-8-7-13-19(20)22(28)26(23)18-11-5-6-12-18/h2-4,7-10,13-14,16,18H,5-6,11-12,15H2,1H3,(H,24,27)/t16-/m1/s1. The van der Waals surface area contributed by atoms with E-state index < -0.39 is 0 Å². The number of nitrogens with one attached hydrogen (secondary N) is 1. The van der Waals surface area contributed by atoms with E-state index in [1.165, 1.54) is 11.8 Å². The third-order valence-corrected chi connectivity index (χ3v) is 6.43. The first-order valence-corrected chi connectivity index (χ1v) is 11.1. The van der Waals surface area contributed by atoms with Crippen LogP contribution in [0.2, 0.25) is 0 Å². The lowest BCUT2D eigenvalue weighted by Crippen LogP contribution is -2.30. The van der Waals surface area contributed by atoms with Gasteiger partial charge in [-0.25, -0.2) is 4.98 Å². The molecule has 0 bridgehead atoms. The number of rotatable bonds is 6. The maximum absolute atomic E-state index is 13.2. The highest BCUT2D eigenvalue weighted by atomic mass is 32.2. The van der Waals surface area contributed by atoms with Gasteiger partial charge in [0.2, 0.25) is 5.91 Å². The van der Waals surface area contributed by atoms with Crippen LogP contribution in [0.4, 0.5) is 0 Å². The molecular weight excluding hydrogens is 382 g/mol. The second-order valence-electron chi connectivity index (χ2n) is 7.51. The van der Waals surface area contributed by atoms with Crippen LogP contribution in [0.3, 0.4) is 0 Å². The van der Waals surface area contributed by atoms with Crippen molar-refractivity contribution in [2.75, 3.05) is 5.75 Å². The molecule has 1 heterocycles. The van der Waals surface area contributed by atoms with Crippen LogP contribution in [0.25, 0.3) is 10.9 Å². The van der Waals surface area contributed by atoms with Crippen LogP contribution in [-0.4, -0.2) is 21.2 Å². The quantitative estimate of drug-likeness (QED) is 0.483. The van der Waals surface area contributed by atoms with E-state index in [1.54, 1.807) is 0 Å². The number of carbonyl (C=O) groups is 1. The molecule has 0 saturated heterocycles. The van der Waals surface area contributed by atoms with E-state index in [1.807, 2.05) is 66.1 Å². The van der Waals surface area contributed by atoms with Crippen LogP contribution in [0.1, 0.15) is 50.3 Å². The fraction of sp³-hybridized carbons (Fsp3) is 0.348. The molecule has 29 heavy (non-hydrogen) atoms. The minimum Gasteiger partial charge on any atom is -0.349 e. The first-order valence-electron chi connectivity index (χ1n) is 10.1. The summed E-state index contributed by atoms with van der Waals surface area (Å²) in [6, 6.07) is 17.4. The van der Waals surface area contributed by atoms with Gasteiger partial charge in [-0.1, -0.05) is 67.1 Å². The van der Waals surface area contributed by atoms with Crippen LogP contribution < -0.4 is 10.9 Å². The molecule has 1 aliphatic carbocycles. The normalized spacial score (nSPS) is 15.5. The van der Waals surface area contributed by atoms with E-state index in [2.05, 4.69) is 5.32 Å². The number of carbonyl (C=O) groups excluding carboxylic acids is 1. The summed E-state index contributed by atoms with van der Waals surface area (Å²) in [6.45, 7) is 1.97. The molecular formula is C23H25N3O2S. The Balaban J connectivity index is 1.54. The van der Waals surface area contributed by atoms with Crippen molar-refractivity contribution in [2.24, 2.45) is 0 Å². The van der Waals surface area contributed by atoms with Crippen LogP contribution in [0.15, 0.2) is 64.5 Å². The maximum atomic E-state index is 13.2. The smallest absolute Gasteiger partial charge is 0.262 e. The third kappa shape index (κ3) is 4.37. The number of para-hydroxylation sites is 1. The van der Waals surface area contributed by atoms with Crippen molar-refractivity contribution in [1.82, 2.24) is 14.9 Å². The van der Waals surface area contributed by atoms with Crippen molar-refractivity contribution >= 4 is 28.6 Å². The molecule has 1 N–H and O–H groups in total. The second kappa shape index (κ2) is 8.82. The summed E-state index contributed by atoms with van der Waals surface area (Å²) < 4.78 is 1.83. The van der Waals surface area contributed by atoms with E-state index in [4.69, 9.17) is 4.98 Å². The number of nitrogens with zero attached hydrogens (tertiary/aromatic N) is 2. The molecule has 0 aliphatic heterocycles. The van der Waals surface area contributed by atoms with Crippen molar-refractivity contribution in [3.8, 4) is 0 Å². The van der Waals surface area contributed by atoms with Gasteiger partial charge in [-0.3, -0.25) is 14.2 Å². The van der Waals surface area contributed by atoms with Gasteiger partial charge in [-0.2, -0.15) is 0 Å². The number of amides is 1. The van der Waals surface area contributed by atoms with Gasteiger partial charge in [0.1, 0.15) is 0 Å². The topological polar surface area (TPSA) is 64.0 Å². The molecule has 4 rings (SSSR count). The Bertz CT molecular complexity index is 1060. The van der Waals surface area contributed by atoms with Crippen molar-refractivity contribution in [3.63, 3.8) is 0 Å². The van der Waals surface area contributed by atoms with Crippen LogP contribution in [0.5, 0.6) is 0 Å². The van der Waals surface area contributed by atoms with E-state index >= 15 is 0 Å². The van der Waals surface area contributed by atoms with Crippen LogP contribution in [0, 0.1) is 0 Å². The molecule has 1 fully saturated rings. The molecule has 1 amide bonds. The van der Waals surface area contributed by atoms with Gasteiger partial charge in [0, 0.05) is 6.04 Å². The fourth-order valence-electron chi connectivity index (χ4n) is 3.95. The first kappa shape index (κ1) is 19.7. The van der Waals surface area contributed by atoms with Gasteiger partial charge in [0.05, 0.1) is 22.7 Å². The summed E-state index contributed by atoms with van der Waals surface area (Å²) in [5, 5.41) is 4.32. The van der Waals surface area contributed by atoms with Crippen molar-refractivity contribution in [3.05, 3.63) is 70.5 Å². The minimum absolute atomic E-state index is 0.00283. The average molecular weight is 408 g/mol. The zero-order valence-corrected chi connectivity index (χ0v) is 17.3. The highest BCUT2D eigenvalue weighted by Gasteiger charge is 2.23. The Morgan fingerprint density at radius 1 is 1.14 bits per heavy atom. The number of aromatic nitrogens is 2. The molecule has 150 valence electrons. The van der Waals surface area contributed by atoms with Gasteiger partial charge < -0.3 is 5.32 Å². The van der Waals surface area contributed by atoms with E-state index in [0.29, 0.717) is 16.1 Å².